The van der Waals surface area contributed by atoms with Crippen LogP contribution in [0.3, 0.4) is 0 Å². The molecular weight excluding hydrogens is 266 g/mol. The summed E-state index contributed by atoms with van der Waals surface area (Å²) in [5.74, 6) is 0.946. The predicted molar refractivity (Wildman–Crippen MR) is 83.2 cm³/mol. The molecule has 3 N–H and O–H groups in total. The van der Waals surface area contributed by atoms with Gasteiger partial charge in [0.05, 0.1) is 17.7 Å². The molecule has 2 unspecified atom stereocenters. The summed E-state index contributed by atoms with van der Waals surface area (Å²) in [6.45, 7) is 4.99. The van der Waals surface area contributed by atoms with Gasteiger partial charge in [0.2, 0.25) is 0 Å². The lowest BCUT2D eigenvalue weighted by Gasteiger charge is -2.43. The average Bonchev–Trinajstić information content (AvgIpc) is 2.50. The van der Waals surface area contributed by atoms with Gasteiger partial charge < -0.3 is 15.8 Å². The number of hydrogen-bond acceptors (Lipinski definition) is 5. The fourth-order valence-corrected chi connectivity index (χ4v) is 3.01. The highest BCUT2D eigenvalue weighted by Gasteiger charge is 2.37. The van der Waals surface area contributed by atoms with Crippen LogP contribution < -0.4 is 11.1 Å². The van der Waals surface area contributed by atoms with Crippen molar-refractivity contribution in [2.45, 2.75) is 45.1 Å². The zero-order valence-corrected chi connectivity index (χ0v) is 12.9. The van der Waals surface area contributed by atoms with E-state index in [2.05, 4.69) is 17.2 Å². The number of pyridine rings is 1. The van der Waals surface area contributed by atoms with Crippen LogP contribution in [-0.4, -0.2) is 29.6 Å². The van der Waals surface area contributed by atoms with Crippen LogP contribution in [0.2, 0.25) is 0 Å². The van der Waals surface area contributed by atoms with Crippen LogP contribution in [-0.2, 0) is 4.74 Å². The molecule has 2 atom stereocenters. The van der Waals surface area contributed by atoms with Gasteiger partial charge in [-0.25, -0.2) is 9.78 Å². The molecule has 1 aromatic rings. The van der Waals surface area contributed by atoms with Crippen molar-refractivity contribution in [3.05, 3.63) is 23.9 Å². The molecule has 2 rings (SSSR count). The highest BCUT2D eigenvalue weighted by Crippen LogP contribution is 2.35. The van der Waals surface area contributed by atoms with E-state index in [0.29, 0.717) is 24.6 Å². The Morgan fingerprint density at radius 2 is 2.33 bits per heavy atom. The van der Waals surface area contributed by atoms with Crippen LogP contribution in [0.5, 0.6) is 0 Å². The van der Waals surface area contributed by atoms with Crippen molar-refractivity contribution in [3.8, 4) is 0 Å². The molecule has 0 bridgehead atoms. The molecular formula is C16H25N3O2. The van der Waals surface area contributed by atoms with Crippen molar-refractivity contribution in [1.29, 1.82) is 0 Å². The average molecular weight is 291 g/mol. The first kappa shape index (κ1) is 15.8. The molecule has 1 aliphatic rings. The molecule has 0 aromatic carbocycles. The summed E-state index contributed by atoms with van der Waals surface area (Å²) in [4.78, 5) is 16.0. The summed E-state index contributed by atoms with van der Waals surface area (Å²) >= 11 is 0. The number of nitrogens with two attached hydrogens (primary N) is 1. The third-order valence-corrected chi connectivity index (χ3v) is 4.47. The highest BCUT2D eigenvalue weighted by atomic mass is 16.5. The molecule has 1 saturated carbocycles. The van der Waals surface area contributed by atoms with E-state index < -0.39 is 0 Å². The first-order chi connectivity index (χ1) is 10.1. The van der Waals surface area contributed by atoms with Crippen molar-refractivity contribution < 1.29 is 9.53 Å². The minimum Gasteiger partial charge on any atom is -0.462 e. The second-order valence-corrected chi connectivity index (χ2v) is 5.78. The molecule has 116 valence electrons. The third-order valence-electron chi connectivity index (χ3n) is 4.47. The van der Waals surface area contributed by atoms with Gasteiger partial charge in [-0.15, -0.1) is 0 Å². The quantitative estimate of drug-likeness (QED) is 0.815. The van der Waals surface area contributed by atoms with E-state index >= 15 is 0 Å². The monoisotopic (exact) mass is 291 g/mol. The molecule has 1 fully saturated rings. The van der Waals surface area contributed by atoms with Crippen LogP contribution in [0.4, 0.5) is 5.82 Å². The normalized spacial score (nSPS) is 25.4. The van der Waals surface area contributed by atoms with Gasteiger partial charge in [-0.2, -0.15) is 0 Å². The van der Waals surface area contributed by atoms with E-state index in [1.54, 1.807) is 19.2 Å². The fourth-order valence-electron chi connectivity index (χ4n) is 3.01. The minimum absolute atomic E-state index is 0.0866. The summed E-state index contributed by atoms with van der Waals surface area (Å²) in [7, 11) is 0. The fraction of sp³-hybridized carbons (Fsp3) is 0.625. The number of nitrogens with zero attached hydrogens (tertiary/aromatic N) is 1. The molecule has 0 spiro atoms. The van der Waals surface area contributed by atoms with Gasteiger partial charge in [0.15, 0.2) is 0 Å². The molecule has 5 heteroatoms. The number of hydrogen-bond donors (Lipinski definition) is 2. The number of carbonyl (C=O) groups excluding carboxylic acids is 1. The Labute approximate surface area is 126 Å². The Kier molecular flexibility index (Phi) is 5.17. The molecule has 1 heterocycles. The zero-order chi connectivity index (χ0) is 15.3. The molecule has 1 aromatic heterocycles. The maximum Gasteiger partial charge on any atom is 0.339 e. The van der Waals surface area contributed by atoms with Gasteiger partial charge in [-0.05, 0) is 37.8 Å². The van der Waals surface area contributed by atoms with Crippen LogP contribution in [0.1, 0.15) is 49.9 Å². The second kappa shape index (κ2) is 6.89. The summed E-state index contributed by atoms with van der Waals surface area (Å²) in [6, 6.07) is 3.57. The first-order valence-corrected chi connectivity index (χ1v) is 7.72. The number of ether oxygens (including phenoxy) is 1. The van der Waals surface area contributed by atoms with E-state index in [0.717, 1.165) is 12.2 Å². The van der Waals surface area contributed by atoms with Crippen molar-refractivity contribution in [2.75, 3.05) is 18.5 Å². The van der Waals surface area contributed by atoms with Crippen molar-refractivity contribution >= 4 is 11.8 Å². The lowest BCUT2D eigenvalue weighted by molar-refractivity contribution is 0.0526. The van der Waals surface area contributed by atoms with Gasteiger partial charge in [0, 0.05) is 12.7 Å². The highest BCUT2D eigenvalue weighted by molar-refractivity contribution is 5.89. The Hall–Kier alpha value is -1.62. The standard InChI is InChI=1S/C16H25N3O2/c1-3-21-15(20)13-7-8-14(18-10-13)19-16(11-17)9-5-4-6-12(16)2/h7-8,10,12H,3-6,9,11,17H2,1-2H3,(H,18,19). The van der Waals surface area contributed by atoms with E-state index in [4.69, 9.17) is 10.5 Å². The summed E-state index contributed by atoms with van der Waals surface area (Å²) < 4.78 is 4.96. The molecule has 1 aliphatic carbocycles. The van der Waals surface area contributed by atoms with Gasteiger partial charge in [0.25, 0.3) is 0 Å². The van der Waals surface area contributed by atoms with E-state index in [1.807, 2.05) is 6.07 Å². The number of rotatable bonds is 5. The van der Waals surface area contributed by atoms with Gasteiger partial charge in [0.1, 0.15) is 5.82 Å². The number of carbonyl (C=O) groups is 1. The molecule has 5 nitrogen and oxygen atoms in total. The number of nitrogens with one attached hydrogen (secondary N) is 1. The van der Waals surface area contributed by atoms with E-state index in [9.17, 15) is 4.79 Å². The smallest absolute Gasteiger partial charge is 0.339 e. The van der Waals surface area contributed by atoms with Gasteiger partial charge in [-0.1, -0.05) is 19.8 Å². The van der Waals surface area contributed by atoms with Crippen molar-refractivity contribution in [2.24, 2.45) is 11.7 Å². The Balaban J connectivity index is 2.09. The van der Waals surface area contributed by atoms with Crippen LogP contribution >= 0.6 is 0 Å². The maximum absolute atomic E-state index is 11.6. The van der Waals surface area contributed by atoms with Crippen LogP contribution in [0.15, 0.2) is 18.3 Å². The van der Waals surface area contributed by atoms with Gasteiger partial charge >= 0.3 is 5.97 Å². The summed E-state index contributed by atoms with van der Waals surface area (Å²) in [5.41, 5.74) is 6.42. The second-order valence-electron chi connectivity index (χ2n) is 5.78. The molecule has 0 radical (unpaired) electrons. The van der Waals surface area contributed by atoms with E-state index in [1.165, 1.54) is 19.3 Å². The Morgan fingerprint density at radius 3 is 2.90 bits per heavy atom. The molecule has 21 heavy (non-hydrogen) atoms. The number of esters is 1. The summed E-state index contributed by atoms with van der Waals surface area (Å²) in [5, 5.41) is 3.50. The number of anilines is 1. The molecule has 0 amide bonds. The SMILES string of the molecule is CCOC(=O)c1ccc(NC2(CN)CCCCC2C)nc1. The van der Waals surface area contributed by atoms with E-state index in [-0.39, 0.29) is 11.5 Å². The van der Waals surface area contributed by atoms with Gasteiger partial charge in [-0.3, -0.25) is 0 Å². The molecule has 0 saturated heterocycles. The Bertz CT molecular complexity index is 475. The largest absolute Gasteiger partial charge is 0.462 e. The first-order valence-electron chi connectivity index (χ1n) is 7.72. The van der Waals surface area contributed by atoms with Crippen molar-refractivity contribution in [1.82, 2.24) is 4.98 Å². The predicted octanol–water partition coefficient (Wildman–Crippen LogP) is 2.58. The van der Waals surface area contributed by atoms with Crippen molar-refractivity contribution in [3.63, 3.8) is 0 Å². The maximum atomic E-state index is 11.6. The zero-order valence-electron chi connectivity index (χ0n) is 12.9. The number of aromatic nitrogens is 1. The molecule has 0 aliphatic heterocycles. The van der Waals surface area contributed by atoms with Crippen LogP contribution in [0.25, 0.3) is 0 Å². The lowest BCUT2D eigenvalue weighted by atomic mass is 9.73. The lowest BCUT2D eigenvalue weighted by Crippen LogP contribution is -2.52. The summed E-state index contributed by atoms with van der Waals surface area (Å²) in [6.07, 6.45) is 6.25. The topological polar surface area (TPSA) is 77.2 Å². The van der Waals surface area contributed by atoms with Crippen LogP contribution in [0, 0.1) is 5.92 Å². The minimum atomic E-state index is -0.337. The Morgan fingerprint density at radius 1 is 1.52 bits per heavy atom. The third kappa shape index (κ3) is 3.53.